The molecule has 38 heavy (non-hydrogen) atoms. The quantitative estimate of drug-likeness (QED) is 0.461. The molecule has 3 amide bonds. The number of nitrogens with zero attached hydrogens (tertiary/aromatic N) is 2. The monoisotopic (exact) mass is 529 g/mol. The molecule has 8 heteroatoms. The molecule has 0 atom stereocenters. The molecule has 0 saturated carbocycles. The lowest BCUT2D eigenvalue weighted by molar-refractivity contribution is -0.917. The summed E-state index contributed by atoms with van der Waals surface area (Å²) in [5, 5.41) is 2.81. The average Bonchev–Trinajstić information content (AvgIpc) is 3.16. The average molecular weight is 530 g/mol. The van der Waals surface area contributed by atoms with Gasteiger partial charge >= 0.3 is 0 Å². The minimum absolute atomic E-state index is 0.000963. The van der Waals surface area contributed by atoms with E-state index in [2.05, 4.69) is 29.6 Å². The second kappa shape index (κ2) is 11.2. The van der Waals surface area contributed by atoms with E-state index in [1.807, 2.05) is 30.0 Å². The number of carbonyl (C=O) groups is 3. The van der Waals surface area contributed by atoms with Crippen LogP contribution in [0.4, 0.5) is 11.4 Å². The van der Waals surface area contributed by atoms with Crippen molar-refractivity contribution in [2.24, 2.45) is 0 Å². The first kappa shape index (κ1) is 25.7. The van der Waals surface area contributed by atoms with Crippen molar-refractivity contribution in [1.29, 1.82) is 0 Å². The normalized spacial score (nSPS) is 16.4. The highest BCUT2D eigenvalue weighted by Crippen LogP contribution is 2.30. The van der Waals surface area contributed by atoms with Gasteiger partial charge in [-0.2, -0.15) is 0 Å². The van der Waals surface area contributed by atoms with E-state index in [4.69, 9.17) is 11.6 Å². The number of piperazine rings is 1. The maximum absolute atomic E-state index is 13.2. The number of amides is 3. The molecule has 2 aliphatic heterocycles. The Balaban J connectivity index is 1.24. The van der Waals surface area contributed by atoms with E-state index < -0.39 is 11.8 Å². The molecule has 0 aromatic heterocycles. The van der Waals surface area contributed by atoms with Crippen molar-refractivity contribution in [2.45, 2.75) is 19.9 Å². The van der Waals surface area contributed by atoms with Crippen molar-refractivity contribution in [3.05, 3.63) is 106 Å². The zero-order valence-corrected chi connectivity index (χ0v) is 22.0. The third-order valence-electron chi connectivity index (χ3n) is 7.06. The molecule has 1 saturated heterocycles. The van der Waals surface area contributed by atoms with Crippen LogP contribution in [0.5, 0.6) is 0 Å². The van der Waals surface area contributed by atoms with Gasteiger partial charge in [0.05, 0.1) is 31.9 Å². The van der Waals surface area contributed by atoms with E-state index in [-0.39, 0.29) is 16.6 Å². The Labute approximate surface area is 227 Å². The maximum Gasteiger partial charge on any atom is 0.283 e. The van der Waals surface area contributed by atoms with Crippen molar-refractivity contribution in [3.63, 3.8) is 0 Å². The lowest BCUT2D eigenvalue weighted by Gasteiger charge is -2.32. The fourth-order valence-corrected chi connectivity index (χ4v) is 5.08. The van der Waals surface area contributed by atoms with Crippen LogP contribution in [0.1, 0.15) is 28.4 Å². The molecule has 0 bridgehead atoms. The number of imide groups is 1. The zero-order chi connectivity index (χ0) is 26.6. The molecule has 3 aromatic rings. The highest BCUT2D eigenvalue weighted by Gasteiger charge is 2.39. The van der Waals surface area contributed by atoms with Crippen LogP contribution in [0.15, 0.2) is 89.6 Å². The predicted molar refractivity (Wildman–Crippen MR) is 148 cm³/mol. The van der Waals surface area contributed by atoms with Gasteiger partial charge in [-0.05, 0) is 42.3 Å². The molecule has 0 aliphatic carbocycles. The van der Waals surface area contributed by atoms with Gasteiger partial charge in [0.1, 0.15) is 17.3 Å². The SMILES string of the molecule is CCc1ccc(N2C(=O)C(Cl)=C(Nc3cccc(C(=O)N4CC[NH+](Cc5ccccc5)CC4)c3)C2=O)cc1. The van der Waals surface area contributed by atoms with E-state index >= 15 is 0 Å². The van der Waals surface area contributed by atoms with Gasteiger partial charge < -0.3 is 15.1 Å². The number of hydrogen-bond acceptors (Lipinski definition) is 4. The van der Waals surface area contributed by atoms with Crippen LogP contribution < -0.4 is 15.1 Å². The van der Waals surface area contributed by atoms with E-state index in [0.29, 0.717) is 30.0 Å². The lowest BCUT2D eigenvalue weighted by atomic mass is 10.1. The van der Waals surface area contributed by atoms with E-state index in [1.54, 1.807) is 36.4 Å². The second-order valence-electron chi connectivity index (χ2n) is 9.57. The van der Waals surface area contributed by atoms with Gasteiger partial charge in [0.2, 0.25) is 0 Å². The molecule has 2 heterocycles. The van der Waals surface area contributed by atoms with Crippen molar-refractivity contribution >= 4 is 40.7 Å². The van der Waals surface area contributed by atoms with Gasteiger partial charge in [-0.1, -0.05) is 67.1 Å². The van der Waals surface area contributed by atoms with Crippen LogP contribution in [0.25, 0.3) is 0 Å². The summed E-state index contributed by atoms with van der Waals surface area (Å²) in [6.45, 7) is 6.10. The summed E-state index contributed by atoms with van der Waals surface area (Å²) in [5.41, 5.74) is 3.89. The number of hydrogen-bond donors (Lipinski definition) is 2. The summed E-state index contributed by atoms with van der Waals surface area (Å²) in [4.78, 5) is 43.6. The standard InChI is InChI=1S/C30H29ClN4O3/c1-2-21-11-13-25(14-12-21)35-29(37)26(31)27(30(35)38)32-24-10-6-9-23(19-24)28(36)34-17-15-33(16-18-34)20-22-7-4-3-5-8-22/h3-14,19,32H,2,15-18,20H2,1H3/p+1. The van der Waals surface area contributed by atoms with Crippen molar-refractivity contribution in [2.75, 3.05) is 36.4 Å². The fraction of sp³-hybridized carbons (Fsp3) is 0.233. The molecule has 2 aliphatic rings. The Hall–Kier alpha value is -3.94. The Bertz CT molecular complexity index is 1380. The molecule has 1 fully saturated rings. The van der Waals surface area contributed by atoms with Gasteiger partial charge in [0.15, 0.2) is 0 Å². The fourth-order valence-electron chi connectivity index (χ4n) is 4.87. The first-order valence-electron chi connectivity index (χ1n) is 12.9. The highest BCUT2D eigenvalue weighted by atomic mass is 35.5. The molecule has 3 aromatic carbocycles. The van der Waals surface area contributed by atoms with Crippen molar-refractivity contribution in [1.82, 2.24) is 4.90 Å². The molecule has 5 rings (SSSR count). The topological polar surface area (TPSA) is 74.2 Å². The number of carbonyl (C=O) groups excluding carboxylic acids is 3. The zero-order valence-electron chi connectivity index (χ0n) is 21.2. The van der Waals surface area contributed by atoms with Crippen LogP contribution in [-0.4, -0.2) is 48.8 Å². The largest absolute Gasteiger partial charge is 0.350 e. The van der Waals surface area contributed by atoms with E-state index in [0.717, 1.165) is 36.5 Å². The van der Waals surface area contributed by atoms with Crippen LogP contribution >= 0.6 is 11.6 Å². The maximum atomic E-state index is 13.2. The third-order valence-corrected chi connectivity index (χ3v) is 7.41. The molecule has 7 nitrogen and oxygen atoms in total. The Morgan fingerprint density at radius 3 is 2.29 bits per heavy atom. The molecule has 0 unspecified atom stereocenters. The number of quaternary nitrogens is 1. The minimum atomic E-state index is -0.577. The first-order chi connectivity index (χ1) is 18.4. The summed E-state index contributed by atoms with van der Waals surface area (Å²) in [6, 6.07) is 24.6. The highest BCUT2D eigenvalue weighted by molar-refractivity contribution is 6.53. The van der Waals surface area contributed by atoms with Crippen LogP contribution in [0, 0.1) is 0 Å². The Morgan fingerprint density at radius 2 is 1.61 bits per heavy atom. The van der Waals surface area contributed by atoms with Gasteiger partial charge in [0.25, 0.3) is 17.7 Å². The van der Waals surface area contributed by atoms with Crippen molar-refractivity contribution in [3.8, 4) is 0 Å². The Kier molecular flexibility index (Phi) is 7.58. The molecule has 0 radical (unpaired) electrons. The first-order valence-corrected chi connectivity index (χ1v) is 13.2. The van der Waals surface area contributed by atoms with E-state index in [9.17, 15) is 14.4 Å². The van der Waals surface area contributed by atoms with Crippen LogP contribution in [-0.2, 0) is 22.6 Å². The third kappa shape index (κ3) is 5.35. The summed E-state index contributed by atoms with van der Waals surface area (Å²) in [7, 11) is 0. The summed E-state index contributed by atoms with van der Waals surface area (Å²) < 4.78 is 0. The second-order valence-corrected chi connectivity index (χ2v) is 9.94. The van der Waals surface area contributed by atoms with Gasteiger partial charge in [-0.25, -0.2) is 4.90 Å². The predicted octanol–water partition coefficient (Wildman–Crippen LogP) is 3.23. The summed E-state index contributed by atoms with van der Waals surface area (Å²) >= 11 is 6.30. The number of benzene rings is 3. The van der Waals surface area contributed by atoms with E-state index in [1.165, 1.54) is 10.5 Å². The number of anilines is 2. The van der Waals surface area contributed by atoms with Crippen LogP contribution in [0.2, 0.25) is 0 Å². The minimum Gasteiger partial charge on any atom is -0.350 e. The van der Waals surface area contributed by atoms with Gasteiger partial charge in [0, 0.05) is 16.8 Å². The number of nitrogens with one attached hydrogen (secondary N) is 2. The molecule has 2 N–H and O–H groups in total. The number of aryl methyl sites for hydroxylation is 1. The number of rotatable bonds is 7. The van der Waals surface area contributed by atoms with Crippen LogP contribution in [0.3, 0.4) is 0 Å². The smallest absolute Gasteiger partial charge is 0.283 e. The van der Waals surface area contributed by atoms with Gasteiger partial charge in [-0.15, -0.1) is 0 Å². The molecular formula is C30H30ClN4O3+. The molecule has 194 valence electrons. The Morgan fingerprint density at radius 1 is 0.895 bits per heavy atom. The molecular weight excluding hydrogens is 500 g/mol. The summed E-state index contributed by atoms with van der Waals surface area (Å²) in [6.07, 6.45) is 0.855. The van der Waals surface area contributed by atoms with Gasteiger partial charge in [-0.3, -0.25) is 14.4 Å². The lowest BCUT2D eigenvalue weighted by Crippen LogP contribution is -3.13. The van der Waals surface area contributed by atoms with Crippen molar-refractivity contribution < 1.29 is 19.3 Å². The summed E-state index contributed by atoms with van der Waals surface area (Å²) in [5.74, 6) is -1.16. The molecule has 0 spiro atoms. The number of halogens is 1.